The number of amides is 1. The van der Waals surface area contributed by atoms with Crippen LogP contribution < -0.4 is 5.32 Å². The van der Waals surface area contributed by atoms with Crippen molar-refractivity contribution in [3.8, 4) is 6.07 Å². The largest absolute Gasteiger partial charge is 0.354 e. The van der Waals surface area contributed by atoms with E-state index in [2.05, 4.69) is 27.3 Å². The molecule has 2 fully saturated rings. The second-order valence-electron chi connectivity index (χ2n) is 5.71. The van der Waals surface area contributed by atoms with E-state index in [-0.39, 0.29) is 21.6 Å². The van der Waals surface area contributed by atoms with E-state index in [0.717, 1.165) is 32.1 Å². The van der Waals surface area contributed by atoms with Crippen molar-refractivity contribution in [2.45, 2.75) is 49.8 Å². The molecule has 0 saturated heterocycles. The van der Waals surface area contributed by atoms with Crippen molar-refractivity contribution in [3.63, 3.8) is 0 Å². The minimum absolute atomic E-state index is 0.0105. The number of carbonyl (C=O) groups is 1. The van der Waals surface area contributed by atoms with Gasteiger partial charge in [0, 0.05) is 10.9 Å². The number of nitrogens with one attached hydrogen (secondary N) is 1. The lowest BCUT2D eigenvalue weighted by molar-refractivity contribution is -0.122. The lowest BCUT2D eigenvalue weighted by Gasteiger charge is -2.30. The minimum Gasteiger partial charge on any atom is -0.354 e. The molecule has 0 heterocycles. The summed E-state index contributed by atoms with van der Waals surface area (Å²) in [7, 11) is 0. The van der Waals surface area contributed by atoms with Crippen molar-refractivity contribution in [1.82, 2.24) is 5.32 Å². The quantitative estimate of drug-likeness (QED) is 0.815. The average Bonchev–Trinajstić information content (AvgIpc) is 2.97. The van der Waals surface area contributed by atoms with Crippen molar-refractivity contribution in [1.29, 1.82) is 5.26 Å². The molecule has 2 atom stereocenters. The van der Waals surface area contributed by atoms with Crippen molar-refractivity contribution in [2.24, 2.45) is 11.3 Å². The molecule has 0 radical (unpaired) electrons. The van der Waals surface area contributed by atoms with Crippen molar-refractivity contribution in [3.05, 3.63) is 0 Å². The summed E-state index contributed by atoms with van der Waals surface area (Å²) in [6, 6.07) is 2.43. The van der Waals surface area contributed by atoms with Crippen molar-refractivity contribution >= 4 is 21.8 Å². The molecule has 2 saturated carbocycles. The molecule has 2 rings (SSSR count). The van der Waals surface area contributed by atoms with Gasteiger partial charge < -0.3 is 5.32 Å². The van der Waals surface area contributed by atoms with E-state index >= 15 is 0 Å². The zero-order chi connectivity index (χ0) is 12.5. The zero-order valence-corrected chi connectivity index (χ0v) is 11.8. The Hall–Kier alpha value is -0.560. The first-order valence-electron chi connectivity index (χ1n) is 6.37. The minimum atomic E-state index is -0.300. The lowest BCUT2D eigenvalue weighted by atomic mass is 9.75. The number of hydrogen-bond acceptors (Lipinski definition) is 2. The summed E-state index contributed by atoms with van der Waals surface area (Å²) in [5, 5.41) is 12.3. The first kappa shape index (κ1) is 12.9. The van der Waals surface area contributed by atoms with Crippen molar-refractivity contribution < 1.29 is 4.79 Å². The fourth-order valence-electron chi connectivity index (χ4n) is 2.64. The maximum absolute atomic E-state index is 11.9. The average molecular weight is 299 g/mol. The number of nitrogens with zero attached hydrogens (tertiary/aromatic N) is 1. The summed E-state index contributed by atoms with van der Waals surface area (Å²) in [6.45, 7) is 2.57. The Labute approximate surface area is 111 Å². The maximum atomic E-state index is 11.9. The third-order valence-corrected chi connectivity index (χ3v) is 5.01. The molecule has 1 amide bonds. The van der Waals surface area contributed by atoms with Gasteiger partial charge in [0.2, 0.25) is 5.91 Å². The molecular formula is C13H19BrN2O. The van der Waals surface area contributed by atoms with E-state index in [1.165, 1.54) is 6.42 Å². The Morgan fingerprint density at radius 1 is 1.47 bits per heavy atom. The summed E-state index contributed by atoms with van der Waals surface area (Å²) >= 11 is 3.52. The summed E-state index contributed by atoms with van der Waals surface area (Å²) in [5.74, 6) is 0.186. The third kappa shape index (κ3) is 2.82. The van der Waals surface area contributed by atoms with Crippen LogP contribution in [0.5, 0.6) is 0 Å². The highest BCUT2D eigenvalue weighted by Crippen LogP contribution is 2.50. The Morgan fingerprint density at radius 2 is 2.06 bits per heavy atom. The molecule has 2 aliphatic rings. The molecule has 0 spiro atoms. The molecule has 0 bridgehead atoms. The SMILES string of the molecule is CC1(Br)CC1C(=O)NCC1(C#N)CCCCC1. The standard InChI is InChI=1S/C13H19BrN2O/c1-12(14)7-10(12)11(17)16-9-13(8-15)5-3-2-4-6-13/h10H,2-7,9H2,1H3,(H,16,17). The van der Waals surface area contributed by atoms with Gasteiger partial charge in [-0.2, -0.15) is 5.26 Å². The highest BCUT2D eigenvalue weighted by Gasteiger charge is 2.53. The highest BCUT2D eigenvalue weighted by molar-refractivity contribution is 9.10. The topological polar surface area (TPSA) is 52.9 Å². The Balaban J connectivity index is 1.84. The molecule has 94 valence electrons. The van der Waals surface area contributed by atoms with E-state index in [0.29, 0.717) is 6.54 Å². The van der Waals surface area contributed by atoms with Gasteiger partial charge in [-0.05, 0) is 26.2 Å². The number of nitriles is 1. The highest BCUT2D eigenvalue weighted by atomic mass is 79.9. The van der Waals surface area contributed by atoms with Crippen LogP contribution in [0.25, 0.3) is 0 Å². The lowest BCUT2D eigenvalue weighted by Crippen LogP contribution is -2.39. The van der Waals surface area contributed by atoms with Crippen LogP contribution in [0.2, 0.25) is 0 Å². The number of carbonyl (C=O) groups excluding carboxylic acids is 1. The van der Waals surface area contributed by atoms with E-state index < -0.39 is 0 Å². The maximum Gasteiger partial charge on any atom is 0.224 e. The molecule has 0 aromatic rings. The fourth-order valence-corrected chi connectivity index (χ4v) is 3.17. The van der Waals surface area contributed by atoms with Gasteiger partial charge in [0.1, 0.15) is 0 Å². The van der Waals surface area contributed by atoms with E-state index in [4.69, 9.17) is 0 Å². The van der Waals surface area contributed by atoms with Gasteiger partial charge in [-0.1, -0.05) is 35.2 Å². The number of hydrogen-bond donors (Lipinski definition) is 1. The smallest absolute Gasteiger partial charge is 0.224 e. The van der Waals surface area contributed by atoms with Crippen molar-refractivity contribution in [2.75, 3.05) is 6.54 Å². The van der Waals surface area contributed by atoms with E-state index in [1.54, 1.807) is 0 Å². The van der Waals surface area contributed by atoms with Gasteiger partial charge in [0.15, 0.2) is 0 Å². The first-order valence-corrected chi connectivity index (χ1v) is 7.16. The van der Waals surface area contributed by atoms with Crippen LogP contribution in [0.15, 0.2) is 0 Å². The van der Waals surface area contributed by atoms with E-state index in [1.807, 2.05) is 6.92 Å². The monoisotopic (exact) mass is 298 g/mol. The summed E-state index contributed by atoms with van der Waals surface area (Å²) in [4.78, 5) is 11.9. The Bertz CT molecular complexity index is 353. The van der Waals surface area contributed by atoms with Gasteiger partial charge in [0.25, 0.3) is 0 Å². The molecule has 2 aliphatic carbocycles. The van der Waals surface area contributed by atoms with Crippen LogP contribution in [0.1, 0.15) is 45.4 Å². The molecule has 0 aliphatic heterocycles. The number of halogens is 1. The fraction of sp³-hybridized carbons (Fsp3) is 0.846. The van der Waals surface area contributed by atoms with Gasteiger partial charge in [-0.3, -0.25) is 4.79 Å². The van der Waals surface area contributed by atoms with Gasteiger partial charge in [-0.25, -0.2) is 0 Å². The zero-order valence-electron chi connectivity index (χ0n) is 10.3. The summed E-state index contributed by atoms with van der Waals surface area (Å²) < 4.78 is -0.0105. The predicted molar refractivity (Wildman–Crippen MR) is 69.6 cm³/mol. The normalized spacial score (nSPS) is 34.8. The van der Waals surface area contributed by atoms with Gasteiger partial charge in [0.05, 0.1) is 17.4 Å². The molecule has 1 N–H and O–H groups in total. The third-order valence-electron chi connectivity index (χ3n) is 4.14. The second kappa shape index (κ2) is 4.61. The number of alkyl halides is 1. The number of rotatable bonds is 3. The van der Waals surface area contributed by atoms with Crippen LogP contribution in [0, 0.1) is 22.7 Å². The van der Waals surface area contributed by atoms with Crippen LogP contribution in [-0.2, 0) is 4.79 Å². The summed E-state index contributed by atoms with van der Waals surface area (Å²) in [6.07, 6.45) is 6.21. The summed E-state index contributed by atoms with van der Waals surface area (Å²) in [5.41, 5.74) is -0.300. The molecule has 0 aromatic heterocycles. The predicted octanol–water partition coefficient (Wildman–Crippen LogP) is 2.75. The Morgan fingerprint density at radius 3 is 2.53 bits per heavy atom. The molecular weight excluding hydrogens is 280 g/mol. The van der Waals surface area contributed by atoms with Crippen LogP contribution in [-0.4, -0.2) is 16.8 Å². The Kier molecular flexibility index (Phi) is 3.49. The van der Waals surface area contributed by atoms with E-state index in [9.17, 15) is 10.1 Å². The van der Waals surface area contributed by atoms with Crippen LogP contribution in [0.4, 0.5) is 0 Å². The first-order chi connectivity index (χ1) is 7.99. The molecule has 0 aromatic carbocycles. The van der Waals surface area contributed by atoms with Gasteiger partial charge in [-0.15, -0.1) is 0 Å². The van der Waals surface area contributed by atoms with Crippen LogP contribution >= 0.6 is 15.9 Å². The molecule has 4 heteroatoms. The second-order valence-corrected chi connectivity index (χ2v) is 7.52. The van der Waals surface area contributed by atoms with Gasteiger partial charge >= 0.3 is 0 Å². The van der Waals surface area contributed by atoms with Crippen LogP contribution in [0.3, 0.4) is 0 Å². The molecule has 17 heavy (non-hydrogen) atoms. The molecule has 2 unspecified atom stereocenters. The molecule has 3 nitrogen and oxygen atoms in total.